The lowest BCUT2D eigenvalue weighted by Crippen LogP contribution is -2.37. The lowest BCUT2D eigenvalue weighted by molar-refractivity contribution is 0.628. The van der Waals surface area contributed by atoms with Crippen molar-refractivity contribution in [3.8, 4) is 6.07 Å². The summed E-state index contributed by atoms with van der Waals surface area (Å²) in [4.78, 5) is 0. The third-order valence-electron chi connectivity index (χ3n) is 3.80. The summed E-state index contributed by atoms with van der Waals surface area (Å²) in [6.45, 7) is 2.05. The van der Waals surface area contributed by atoms with Crippen molar-refractivity contribution >= 4 is 17.3 Å². The first kappa shape index (κ1) is 13.0. The minimum absolute atomic E-state index is 0.567. The van der Waals surface area contributed by atoms with Crippen LogP contribution in [-0.2, 0) is 12.8 Å². The molecule has 1 aliphatic carbocycles. The van der Waals surface area contributed by atoms with Crippen molar-refractivity contribution in [1.82, 2.24) is 0 Å². The highest BCUT2D eigenvalue weighted by Gasteiger charge is 2.37. The summed E-state index contributed by atoms with van der Waals surface area (Å²) >= 11 is 6.03. The molecule has 1 aliphatic rings. The first-order valence-electron chi connectivity index (χ1n) is 6.64. The molecule has 2 nitrogen and oxygen atoms in total. The van der Waals surface area contributed by atoms with Gasteiger partial charge >= 0.3 is 0 Å². The highest BCUT2D eigenvalue weighted by atomic mass is 35.5. The fourth-order valence-corrected chi connectivity index (χ4v) is 2.95. The van der Waals surface area contributed by atoms with E-state index >= 15 is 0 Å². The average Bonchev–Trinajstić information content (AvgIpc) is 2.79. The van der Waals surface area contributed by atoms with E-state index < -0.39 is 5.54 Å². The van der Waals surface area contributed by atoms with Gasteiger partial charge in [0.05, 0.1) is 6.07 Å². The molecule has 1 atom stereocenters. The maximum Gasteiger partial charge on any atom is 0.133 e. The molecule has 0 radical (unpaired) electrons. The van der Waals surface area contributed by atoms with Gasteiger partial charge in [-0.3, -0.25) is 0 Å². The Bertz CT molecular complexity index is 685. The largest absolute Gasteiger partial charge is 0.367 e. The first-order chi connectivity index (χ1) is 9.60. The summed E-state index contributed by atoms with van der Waals surface area (Å²) in [5.74, 6) is 0. The number of aryl methyl sites for hydroxylation is 1. The topological polar surface area (TPSA) is 35.8 Å². The number of nitrogens with one attached hydrogen (secondary N) is 1. The molecule has 0 saturated heterocycles. The molecular weight excluding hydrogens is 268 g/mol. The molecule has 2 aromatic rings. The van der Waals surface area contributed by atoms with Crippen LogP contribution in [-0.4, -0.2) is 5.54 Å². The molecular formula is C17H15ClN2. The first-order valence-corrected chi connectivity index (χ1v) is 7.01. The molecule has 1 unspecified atom stereocenters. The van der Waals surface area contributed by atoms with Gasteiger partial charge in [-0.2, -0.15) is 5.26 Å². The van der Waals surface area contributed by atoms with Crippen LogP contribution >= 0.6 is 11.6 Å². The predicted molar refractivity (Wildman–Crippen MR) is 82.0 cm³/mol. The van der Waals surface area contributed by atoms with E-state index in [4.69, 9.17) is 11.6 Å². The van der Waals surface area contributed by atoms with Gasteiger partial charge in [0.1, 0.15) is 5.54 Å². The number of fused-ring (bicyclic) bond motifs is 1. The molecule has 0 fully saturated rings. The van der Waals surface area contributed by atoms with Crippen LogP contribution in [0.5, 0.6) is 0 Å². The minimum atomic E-state index is -0.567. The third kappa shape index (κ3) is 2.37. The average molecular weight is 283 g/mol. The van der Waals surface area contributed by atoms with Gasteiger partial charge in [0.2, 0.25) is 0 Å². The SMILES string of the molecule is Cc1ccc(NC2(C#N)Cc3ccc(Cl)cc3C2)cc1. The van der Waals surface area contributed by atoms with Gasteiger partial charge in [0.15, 0.2) is 0 Å². The Balaban J connectivity index is 1.88. The molecule has 1 N–H and O–H groups in total. The van der Waals surface area contributed by atoms with Crippen molar-refractivity contribution in [2.75, 3.05) is 5.32 Å². The number of nitrogens with zero attached hydrogens (tertiary/aromatic N) is 1. The molecule has 0 spiro atoms. The Morgan fingerprint density at radius 1 is 1.10 bits per heavy atom. The van der Waals surface area contributed by atoms with Crippen molar-refractivity contribution in [2.24, 2.45) is 0 Å². The second-order valence-electron chi connectivity index (χ2n) is 5.45. The fraction of sp³-hybridized carbons (Fsp3) is 0.235. The standard InChI is InChI=1S/C17H15ClN2/c1-12-2-6-16(7-3-12)20-17(11-19)9-13-4-5-15(18)8-14(13)10-17/h2-8,20H,9-10H2,1H3. The summed E-state index contributed by atoms with van der Waals surface area (Å²) in [6.07, 6.45) is 1.40. The predicted octanol–water partition coefficient (Wildman–Crippen LogP) is 4.12. The van der Waals surface area contributed by atoms with Crippen LogP contribution in [0.2, 0.25) is 5.02 Å². The molecule has 20 heavy (non-hydrogen) atoms. The number of halogens is 1. The van der Waals surface area contributed by atoms with E-state index in [9.17, 15) is 5.26 Å². The molecule has 0 saturated carbocycles. The fourth-order valence-electron chi connectivity index (χ4n) is 2.75. The molecule has 3 rings (SSSR count). The highest BCUT2D eigenvalue weighted by Crippen LogP contribution is 2.34. The zero-order valence-corrected chi connectivity index (χ0v) is 12.0. The third-order valence-corrected chi connectivity index (χ3v) is 4.04. The summed E-state index contributed by atoms with van der Waals surface area (Å²) in [6, 6.07) is 16.5. The van der Waals surface area contributed by atoms with E-state index in [0.29, 0.717) is 12.8 Å². The number of hydrogen-bond acceptors (Lipinski definition) is 2. The zero-order chi connectivity index (χ0) is 14.2. The summed E-state index contributed by atoms with van der Waals surface area (Å²) in [7, 11) is 0. The molecule has 0 bridgehead atoms. The Morgan fingerprint density at radius 2 is 1.80 bits per heavy atom. The van der Waals surface area contributed by atoms with E-state index in [1.807, 2.05) is 42.5 Å². The van der Waals surface area contributed by atoms with Gasteiger partial charge in [0, 0.05) is 23.6 Å². The van der Waals surface area contributed by atoms with E-state index in [1.54, 1.807) is 0 Å². The van der Waals surface area contributed by atoms with Crippen LogP contribution in [0, 0.1) is 18.3 Å². The molecule has 0 aliphatic heterocycles. The van der Waals surface area contributed by atoms with Crippen molar-refractivity contribution in [2.45, 2.75) is 25.3 Å². The van der Waals surface area contributed by atoms with Crippen LogP contribution in [0.15, 0.2) is 42.5 Å². The molecule has 0 heterocycles. The molecule has 0 aromatic heterocycles. The number of nitriles is 1. The smallest absolute Gasteiger partial charge is 0.133 e. The van der Waals surface area contributed by atoms with Gasteiger partial charge < -0.3 is 5.32 Å². The number of hydrogen-bond donors (Lipinski definition) is 1. The van der Waals surface area contributed by atoms with Gasteiger partial charge in [-0.25, -0.2) is 0 Å². The quantitative estimate of drug-likeness (QED) is 0.899. The Labute approximate surface area is 124 Å². The van der Waals surface area contributed by atoms with Crippen molar-refractivity contribution < 1.29 is 0 Å². The number of benzene rings is 2. The molecule has 0 amide bonds. The lowest BCUT2D eigenvalue weighted by atomic mass is 9.97. The van der Waals surface area contributed by atoms with Crippen molar-refractivity contribution in [3.05, 3.63) is 64.2 Å². The van der Waals surface area contributed by atoms with E-state index in [-0.39, 0.29) is 0 Å². The Kier molecular flexibility index (Phi) is 3.16. The summed E-state index contributed by atoms with van der Waals surface area (Å²) in [5, 5.41) is 13.8. The van der Waals surface area contributed by atoms with E-state index in [0.717, 1.165) is 10.7 Å². The van der Waals surface area contributed by atoms with Crippen LogP contribution in [0.4, 0.5) is 5.69 Å². The summed E-state index contributed by atoms with van der Waals surface area (Å²) in [5.41, 5.74) is 4.00. The maximum atomic E-state index is 9.63. The number of anilines is 1. The zero-order valence-electron chi connectivity index (χ0n) is 11.3. The molecule has 3 heteroatoms. The van der Waals surface area contributed by atoms with Gasteiger partial charge in [0.25, 0.3) is 0 Å². The monoisotopic (exact) mass is 282 g/mol. The highest BCUT2D eigenvalue weighted by molar-refractivity contribution is 6.30. The summed E-state index contributed by atoms with van der Waals surface area (Å²) < 4.78 is 0. The van der Waals surface area contributed by atoms with Gasteiger partial charge in [-0.05, 0) is 42.3 Å². The maximum absolute atomic E-state index is 9.63. The van der Waals surface area contributed by atoms with Crippen LogP contribution in [0.25, 0.3) is 0 Å². The van der Waals surface area contributed by atoms with E-state index in [2.05, 4.69) is 18.3 Å². The lowest BCUT2D eigenvalue weighted by Gasteiger charge is -2.23. The van der Waals surface area contributed by atoms with Crippen LogP contribution in [0.3, 0.4) is 0 Å². The minimum Gasteiger partial charge on any atom is -0.367 e. The van der Waals surface area contributed by atoms with Gasteiger partial charge in [-0.15, -0.1) is 0 Å². The van der Waals surface area contributed by atoms with Crippen molar-refractivity contribution in [1.29, 1.82) is 5.26 Å². The normalized spacial score (nSPS) is 20.2. The molecule has 100 valence electrons. The van der Waals surface area contributed by atoms with Crippen LogP contribution in [0.1, 0.15) is 16.7 Å². The van der Waals surface area contributed by atoms with Crippen LogP contribution < -0.4 is 5.32 Å². The Morgan fingerprint density at radius 3 is 2.50 bits per heavy atom. The molecule has 2 aromatic carbocycles. The second kappa shape index (κ2) is 4.85. The Hall–Kier alpha value is -1.98. The van der Waals surface area contributed by atoms with Crippen molar-refractivity contribution in [3.63, 3.8) is 0 Å². The van der Waals surface area contributed by atoms with E-state index in [1.165, 1.54) is 16.7 Å². The van der Waals surface area contributed by atoms with Gasteiger partial charge in [-0.1, -0.05) is 35.4 Å². The second-order valence-corrected chi connectivity index (χ2v) is 5.89. The number of rotatable bonds is 2.